The zero-order chi connectivity index (χ0) is 13.9. The Morgan fingerprint density at radius 3 is 2.65 bits per heavy atom. The fourth-order valence-electron chi connectivity index (χ4n) is 1.79. The van der Waals surface area contributed by atoms with E-state index in [1.165, 1.54) is 11.8 Å². The van der Waals surface area contributed by atoms with Crippen LogP contribution in [-0.2, 0) is 5.75 Å². The summed E-state index contributed by atoms with van der Waals surface area (Å²) in [6, 6.07) is 15.2. The molecule has 0 unspecified atom stereocenters. The van der Waals surface area contributed by atoms with Crippen LogP contribution >= 0.6 is 27.7 Å². The van der Waals surface area contributed by atoms with Crippen LogP contribution in [0.3, 0.4) is 0 Å². The van der Waals surface area contributed by atoms with Crippen LogP contribution in [-0.4, -0.2) is 4.98 Å². The smallest absolute Gasteiger partial charge is 0.347 e. The molecule has 0 saturated carbocycles. The van der Waals surface area contributed by atoms with Gasteiger partial charge in [-0.05, 0) is 29.8 Å². The zero-order valence-corrected chi connectivity index (χ0v) is 12.8. The monoisotopic (exact) mass is 347 g/mol. The molecule has 0 N–H and O–H groups in total. The van der Waals surface area contributed by atoms with Crippen molar-refractivity contribution >= 4 is 38.6 Å². The van der Waals surface area contributed by atoms with Crippen molar-refractivity contribution in [2.24, 2.45) is 0 Å². The van der Waals surface area contributed by atoms with E-state index < -0.39 is 0 Å². The van der Waals surface area contributed by atoms with E-state index in [2.05, 4.69) is 20.9 Å². The molecule has 2 aromatic carbocycles. The topological polar surface area (TPSA) is 43.1 Å². The lowest BCUT2D eigenvalue weighted by Crippen LogP contribution is -2.02. The lowest BCUT2D eigenvalue weighted by molar-refractivity contribution is 0.401. The molecule has 0 atom stereocenters. The molecule has 0 aliphatic rings. The van der Waals surface area contributed by atoms with E-state index in [1.54, 1.807) is 12.1 Å². The van der Waals surface area contributed by atoms with Gasteiger partial charge in [-0.2, -0.15) is 0 Å². The van der Waals surface area contributed by atoms with Gasteiger partial charge in [0.05, 0.1) is 10.9 Å². The van der Waals surface area contributed by atoms with E-state index in [4.69, 9.17) is 4.42 Å². The molecule has 3 aromatic rings. The van der Waals surface area contributed by atoms with Crippen molar-refractivity contribution < 1.29 is 4.42 Å². The molecular weight excluding hydrogens is 338 g/mol. The molecule has 0 bridgehead atoms. The van der Waals surface area contributed by atoms with Crippen LogP contribution < -0.4 is 5.63 Å². The molecule has 1 heterocycles. The highest BCUT2D eigenvalue weighted by Gasteiger charge is 2.06. The van der Waals surface area contributed by atoms with E-state index in [1.807, 2.05) is 36.4 Å². The normalized spacial score (nSPS) is 10.8. The van der Waals surface area contributed by atoms with Gasteiger partial charge in [-0.3, -0.25) is 0 Å². The number of benzene rings is 2. The number of fused-ring (bicyclic) bond motifs is 1. The second-order valence-corrected chi connectivity index (χ2v) is 6.04. The number of rotatable bonds is 3. The van der Waals surface area contributed by atoms with Crippen LogP contribution in [0, 0.1) is 0 Å². The quantitative estimate of drug-likeness (QED) is 0.664. The predicted octanol–water partition coefficient (Wildman–Crippen LogP) is 4.24. The second-order valence-electron chi connectivity index (χ2n) is 4.20. The Morgan fingerprint density at radius 2 is 1.85 bits per heavy atom. The van der Waals surface area contributed by atoms with Crippen molar-refractivity contribution in [3.05, 3.63) is 69.0 Å². The van der Waals surface area contributed by atoms with Crippen LogP contribution in [0.1, 0.15) is 5.56 Å². The van der Waals surface area contributed by atoms with E-state index >= 15 is 0 Å². The van der Waals surface area contributed by atoms with Crippen molar-refractivity contribution in [1.82, 2.24) is 4.98 Å². The van der Waals surface area contributed by atoms with E-state index in [0.29, 0.717) is 21.9 Å². The van der Waals surface area contributed by atoms with E-state index in [0.717, 1.165) is 10.0 Å². The van der Waals surface area contributed by atoms with E-state index in [-0.39, 0.29) is 5.63 Å². The molecule has 20 heavy (non-hydrogen) atoms. The molecule has 3 nitrogen and oxygen atoms in total. The van der Waals surface area contributed by atoms with Crippen molar-refractivity contribution in [3.63, 3.8) is 0 Å². The van der Waals surface area contributed by atoms with Crippen molar-refractivity contribution in [2.75, 3.05) is 0 Å². The first-order valence-electron chi connectivity index (χ1n) is 5.99. The molecule has 100 valence electrons. The third-order valence-corrected chi connectivity index (χ3v) is 4.22. The highest BCUT2D eigenvalue weighted by Crippen LogP contribution is 2.22. The summed E-state index contributed by atoms with van der Waals surface area (Å²) in [5.41, 5.74) is 1.48. The standard InChI is InChI=1S/C15H10BrNO2S/c16-11-7-5-10(6-8-11)9-20-15-17-13-4-2-1-3-12(13)14(18)19-15/h1-8H,9H2. The molecule has 0 fully saturated rings. The summed E-state index contributed by atoms with van der Waals surface area (Å²) in [7, 11) is 0. The van der Waals surface area contributed by atoms with Gasteiger partial charge in [-0.25, -0.2) is 9.78 Å². The highest BCUT2D eigenvalue weighted by molar-refractivity contribution is 9.10. The first-order valence-corrected chi connectivity index (χ1v) is 7.77. The molecular formula is C15H10BrNO2S. The number of para-hydroxylation sites is 1. The van der Waals surface area contributed by atoms with Gasteiger partial charge in [0, 0.05) is 10.2 Å². The van der Waals surface area contributed by atoms with Gasteiger partial charge in [-0.1, -0.05) is 52.0 Å². The molecule has 0 radical (unpaired) electrons. The molecule has 1 aromatic heterocycles. The fourth-order valence-corrected chi connectivity index (χ4v) is 2.83. The van der Waals surface area contributed by atoms with Gasteiger partial charge < -0.3 is 4.42 Å². The summed E-state index contributed by atoms with van der Waals surface area (Å²) in [6.45, 7) is 0. The largest absolute Gasteiger partial charge is 0.397 e. The Balaban J connectivity index is 1.84. The summed E-state index contributed by atoms with van der Waals surface area (Å²) >= 11 is 4.81. The first kappa shape index (κ1) is 13.4. The van der Waals surface area contributed by atoms with Crippen LogP contribution in [0.4, 0.5) is 0 Å². The minimum absolute atomic E-state index is 0.339. The summed E-state index contributed by atoms with van der Waals surface area (Å²) in [5, 5.41) is 0.914. The van der Waals surface area contributed by atoms with Crippen LogP contribution in [0.2, 0.25) is 0 Å². The predicted molar refractivity (Wildman–Crippen MR) is 84.0 cm³/mol. The third kappa shape index (κ3) is 2.94. The van der Waals surface area contributed by atoms with Gasteiger partial charge >= 0.3 is 5.63 Å². The summed E-state index contributed by atoms with van der Waals surface area (Å²) in [5.74, 6) is 0.710. The Morgan fingerprint density at radius 1 is 1.10 bits per heavy atom. The van der Waals surface area contributed by atoms with Crippen molar-refractivity contribution in [1.29, 1.82) is 0 Å². The SMILES string of the molecule is O=c1oc(SCc2ccc(Br)cc2)nc2ccccc12. The second kappa shape index (κ2) is 5.81. The molecule has 0 amide bonds. The lowest BCUT2D eigenvalue weighted by Gasteiger charge is -2.02. The number of halogens is 1. The Kier molecular flexibility index (Phi) is 3.89. The van der Waals surface area contributed by atoms with Gasteiger partial charge in [0.1, 0.15) is 0 Å². The van der Waals surface area contributed by atoms with Crippen LogP contribution in [0.15, 0.2) is 67.4 Å². The minimum Gasteiger partial charge on any atom is -0.397 e. The summed E-state index contributed by atoms with van der Waals surface area (Å²) in [4.78, 5) is 16.2. The molecule has 0 aliphatic carbocycles. The van der Waals surface area contributed by atoms with Crippen LogP contribution in [0.25, 0.3) is 10.9 Å². The molecule has 0 aliphatic heterocycles. The maximum absolute atomic E-state index is 11.8. The Hall–Kier alpha value is -1.59. The van der Waals surface area contributed by atoms with Crippen molar-refractivity contribution in [2.45, 2.75) is 11.0 Å². The number of hydrogen-bond acceptors (Lipinski definition) is 4. The number of hydrogen-bond donors (Lipinski definition) is 0. The van der Waals surface area contributed by atoms with Gasteiger partial charge in [0.2, 0.25) is 0 Å². The van der Waals surface area contributed by atoms with Gasteiger partial charge in [0.15, 0.2) is 0 Å². The van der Waals surface area contributed by atoms with Gasteiger partial charge in [-0.15, -0.1) is 0 Å². The lowest BCUT2D eigenvalue weighted by atomic mass is 10.2. The zero-order valence-electron chi connectivity index (χ0n) is 10.4. The average molecular weight is 348 g/mol. The number of thioether (sulfide) groups is 1. The molecule has 0 spiro atoms. The molecule has 5 heteroatoms. The fraction of sp³-hybridized carbons (Fsp3) is 0.0667. The number of aromatic nitrogens is 1. The summed E-state index contributed by atoms with van der Waals surface area (Å²) < 4.78 is 6.27. The maximum atomic E-state index is 11.8. The molecule has 0 saturated heterocycles. The molecule has 3 rings (SSSR count). The Bertz CT molecular complexity index is 799. The summed E-state index contributed by atoms with van der Waals surface area (Å²) in [6.07, 6.45) is 0. The minimum atomic E-state index is -0.339. The van der Waals surface area contributed by atoms with Gasteiger partial charge in [0.25, 0.3) is 5.22 Å². The average Bonchev–Trinajstić information content (AvgIpc) is 2.47. The van der Waals surface area contributed by atoms with E-state index in [9.17, 15) is 4.79 Å². The first-order chi connectivity index (χ1) is 9.72. The van der Waals surface area contributed by atoms with Crippen LogP contribution in [0.5, 0.6) is 0 Å². The third-order valence-electron chi connectivity index (χ3n) is 2.79. The maximum Gasteiger partial charge on any atom is 0.347 e. The van der Waals surface area contributed by atoms with Crippen molar-refractivity contribution in [3.8, 4) is 0 Å². The highest BCUT2D eigenvalue weighted by atomic mass is 79.9. The number of nitrogens with zero attached hydrogens (tertiary/aromatic N) is 1. The Labute approximate surface area is 128 Å².